The Morgan fingerprint density at radius 3 is 2.75 bits per heavy atom. The van der Waals surface area contributed by atoms with Crippen molar-refractivity contribution in [1.82, 2.24) is 0 Å². The molecule has 0 heterocycles. The molecule has 1 atom stereocenters. The van der Waals surface area contributed by atoms with Crippen LogP contribution in [0.4, 0.5) is 4.39 Å². The molecule has 0 aromatic heterocycles. The number of aliphatic hydroxyl groups is 1. The second kappa shape index (κ2) is 4.71. The van der Waals surface area contributed by atoms with Gasteiger partial charge in [-0.15, -0.1) is 0 Å². The van der Waals surface area contributed by atoms with Crippen LogP contribution < -0.4 is 0 Å². The fraction of sp³-hybridized carbons (Fsp3) is 0.333. The maximum absolute atomic E-state index is 13.3. The summed E-state index contributed by atoms with van der Waals surface area (Å²) in [6.45, 7) is 4.13. The van der Waals surface area contributed by atoms with Gasteiger partial charge in [-0.2, -0.15) is 0 Å². The lowest BCUT2D eigenvalue weighted by Crippen LogP contribution is -2.25. The third kappa shape index (κ3) is 2.25. The summed E-state index contributed by atoms with van der Waals surface area (Å²) in [5, 5.41) is 11.0. The normalized spacial score (nSPS) is 21.0. The predicted octanol–water partition coefficient (Wildman–Crippen LogP) is 3.82. The third-order valence-electron chi connectivity index (χ3n) is 4.36. The van der Waals surface area contributed by atoms with Gasteiger partial charge in [0.05, 0.1) is 5.60 Å². The van der Waals surface area contributed by atoms with Crippen molar-refractivity contribution in [3.8, 4) is 0 Å². The fourth-order valence-electron chi connectivity index (χ4n) is 3.19. The van der Waals surface area contributed by atoms with E-state index < -0.39 is 5.60 Å². The predicted molar refractivity (Wildman–Crippen MR) is 78.2 cm³/mol. The van der Waals surface area contributed by atoms with Gasteiger partial charge in [0.2, 0.25) is 0 Å². The molecule has 1 aliphatic rings. The molecule has 0 aliphatic heterocycles. The van der Waals surface area contributed by atoms with Crippen molar-refractivity contribution in [2.75, 3.05) is 0 Å². The summed E-state index contributed by atoms with van der Waals surface area (Å²) >= 11 is 0. The summed E-state index contributed by atoms with van der Waals surface area (Å²) < 4.78 is 13.3. The number of aryl methyl sites for hydroxylation is 3. The third-order valence-corrected chi connectivity index (χ3v) is 4.36. The molecule has 3 rings (SSSR count). The van der Waals surface area contributed by atoms with E-state index in [2.05, 4.69) is 32.0 Å². The highest BCUT2D eigenvalue weighted by molar-refractivity contribution is 5.41. The van der Waals surface area contributed by atoms with Crippen LogP contribution in [0.15, 0.2) is 36.4 Å². The smallest absolute Gasteiger partial charge is 0.123 e. The van der Waals surface area contributed by atoms with Crippen LogP contribution in [0, 0.1) is 19.7 Å². The average molecular weight is 270 g/mol. The summed E-state index contributed by atoms with van der Waals surface area (Å²) in [5.74, 6) is -0.222. The molecule has 2 heteroatoms. The number of hydrogen-bond donors (Lipinski definition) is 1. The molecule has 1 N–H and O–H groups in total. The summed E-state index contributed by atoms with van der Waals surface area (Å²) in [6, 6.07) is 11.0. The minimum atomic E-state index is -0.860. The van der Waals surface area contributed by atoms with E-state index in [4.69, 9.17) is 0 Å². The fourth-order valence-corrected chi connectivity index (χ4v) is 3.19. The van der Waals surface area contributed by atoms with E-state index in [0.717, 1.165) is 17.5 Å². The molecule has 0 fully saturated rings. The topological polar surface area (TPSA) is 20.2 Å². The number of hydrogen-bond acceptors (Lipinski definition) is 1. The zero-order chi connectivity index (χ0) is 14.3. The van der Waals surface area contributed by atoms with Crippen molar-refractivity contribution in [3.05, 3.63) is 70.0 Å². The van der Waals surface area contributed by atoms with Crippen LogP contribution in [0.1, 0.15) is 34.2 Å². The highest BCUT2D eigenvalue weighted by Crippen LogP contribution is 2.40. The van der Waals surface area contributed by atoms with Crippen molar-refractivity contribution in [1.29, 1.82) is 0 Å². The van der Waals surface area contributed by atoms with E-state index in [1.54, 1.807) is 12.1 Å². The van der Waals surface area contributed by atoms with Crippen LogP contribution in [0.3, 0.4) is 0 Å². The van der Waals surface area contributed by atoms with E-state index in [-0.39, 0.29) is 5.82 Å². The molecule has 0 radical (unpaired) electrons. The largest absolute Gasteiger partial charge is 0.385 e. The second-order valence-electron chi connectivity index (χ2n) is 5.94. The van der Waals surface area contributed by atoms with Gasteiger partial charge in [0.1, 0.15) is 5.82 Å². The van der Waals surface area contributed by atoms with E-state index >= 15 is 0 Å². The summed E-state index contributed by atoms with van der Waals surface area (Å²) in [5.41, 5.74) is 4.54. The van der Waals surface area contributed by atoms with Gasteiger partial charge in [-0.25, -0.2) is 4.39 Å². The maximum Gasteiger partial charge on any atom is 0.123 e. The van der Waals surface area contributed by atoms with Crippen LogP contribution in [0.25, 0.3) is 0 Å². The van der Waals surface area contributed by atoms with Gasteiger partial charge >= 0.3 is 0 Å². The van der Waals surface area contributed by atoms with E-state index in [9.17, 15) is 9.50 Å². The first-order valence-corrected chi connectivity index (χ1v) is 7.05. The Hall–Kier alpha value is -1.67. The van der Waals surface area contributed by atoms with Gasteiger partial charge in [-0.3, -0.25) is 0 Å². The van der Waals surface area contributed by atoms with Gasteiger partial charge in [0.15, 0.2) is 0 Å². The van der Waals surface area contributed by atoms with Crippen molar-refractivity contribution in [3.63, 3.8) is 0 Å². The van der Waals surface area contributed by atoms with Crippen LogP contribution >= 0.6 is 0 Å². The van der Waals surface area contributed by atoms with Gasteiger partial charge in [0, 0.05) is 6.42 Å². The molecule has 0 saturated carbocycles. The Morgan fingerprint density at radius 1 is 1.15 bits per heavy atom. The monoisotopic (exact) mass is 270 g/mol. The zero-order valence-corrected chi connectivity index (χ0v) is 11.9. The molecular weight excluding hydrogens is 251 g/mol. The summed E-state index contributed by atoms with van der Waals surface area (Å²) in [6.07, 6.45) is 2.01. The SMILES string of the molecule is Cc1ccc(C)c(CC2(O)CCc3cc(F)ccc32)c1. The average Bonchev–Trinajstić information content (AvgIpc) is 2.71. The molecule has 2 aromatic rings. The number of halogens is 1. The van der Waals surface area contributed by atoms with Crippen LogP contribution in [-0.4, -0.2) is 5.11 Å². The second-order valence-corrected chi connectivity index (χ2v) is 5.94. The van der Waals surface area contributed by atoms with E-state index in [0.29, 0.717) is 12.8 Å². The lowest BCUT2D eigenvalue weighted by Gasteiger charge is -2.25. The van der Waals surface area contributed by atoms with Gasteiger partial charge in [-0.05, 0) is 61.1 Å². The first kappa shape index (κ1) is 13.3. The van der Waals surface area contributed by atoms with Crippen molar-refractivity contribution < 1.29 is 9.50 Å². The molecule has 20 heavy (non-hydrogen) atoms. The van der Waals surface area contributed by atoms with E-state index in [1.807, 2.05) is 0 Å². The number of fused-ring (bicyclic) bond motifs is 1. The molecule has 1 aliphatic carbocycles. The number of benzene rings is 2. The minimum absolute atomic E-state index is 0.222. The van der Waals surface area contributed by atoms with Crippen molar-refractivity contribution >= 4 is 0 Å². The Bertz CT molecular complexity index is 662. The highest BCUT2D eigenvalue weighted by atomic mass is 19.1. The first-order chi connectivity index (χ1) is 9.48. The molecule has 0 bridgehead atoms. The molecule has 2 aromatic carbocycles. The zero-order valence-electron chi connectivity index (χ0n) is 11.9. The Morgan fingerprint density at radius 2 is 1.95 bits per heavy atom. The van der Waals surface area contributed by atoms with Crippen molar-refractivity contribution in [2.24, 2.45) is 0 Å². The molecule has 1 unspecified atom stereocenters. The first-order valence-electron chi connectivity index (χ1n) is 7.05. The van der Waals surface area contributed by atoms with Gasteiger partial charge in [0.25, 0.3) is 0 Å². The number of rotatable bonds is 2. The van der Waals surface area contributed by atoms with Gasteiger partial charge in [-0.1, -0.05) is 29.8 Å². The van der Waals surface area contributed by atoms with Crippen LogP contribution in [0.5, 0.6) is 0 Å². The molecule has 1 nitrogen and oxygen atoms in total. The lowest BCUT2D eigenvalue weighted by atomic mass is 9.86. The van der Waals surface area contributed by atoms with Crippen LogP contribution in [0.2, 0.25) is 0 Å². The Kier molecular flexibility index (Phi) is 3.14. The van der Waals surface area contributed by atoms with Crippen molar-refractivity contribution in [2.45, 2.75) is 38.7 Å². The minimum Gasteiger partial charge on any atom is -0.385 e. The molecule has 0 amide bonds. The molecule has 104 valence electrons. The summed E-state index contributed by atoms with van der Waals surface area (Å²) in [4.78, 5) is 0. The molecule has 0 spiro atoms. The van der Waals surface area contributed by atoms with Gasteiger partial charge < -0.3 is 5.11 Å². The van der Waals surface area contributed by atoms with E-state index in [1.165, 1.54) is 22.8 Å². The standard InChI is InChI=1S/C18H19FO/c1-12-3-4-13(2)15(9-12)11-18(20)8-7-14-10-16(19)5-6-17(14)18/h3-6,9-10,20H,7-8,11H2,1-2H3. The summed E-state index contributed by atoms with van der Waals surface area (Å²) in [7, 11) is 0. The maximum atomic E-state index is 13.3. The van der Waals surface area contributed by atoms with Crippen LogP contribution in [-0.2, 0) is 18.4 Å². The lowest BCUT2D eigenvalue weighted by molar-refractivity contribution is 0.0388. The molecular formula is C18H19FO. The quantitative estimate of drug-likeness (QED) is 0.879. The molecule has 0 saturated heterocycles. The Balaban J connectivity index is 1.98. The Labute approximate surface area is 119 Å². The highest BCUT2D eigenvalue weighted by Gasteiger charge is 2.37.